The normalized spacial score (nSPS) is 23.1. The number of allylic oxidation sites excluding steroid dienone is 2. The molecule has 3 rings (SSSR count). The summed E-state index contributed by atoms with van der Waals surface area (Å²) in [6.07, 6.45) is 1.90. The van der Waals surface area contributed by atoms with Gasteiger partial charge in [0, 0.05) is 24.9 Å². The van der Waals surface area contributed by atoms with E-state index in [0.29, 0.717) is 24.2 Å². The molecule has 2 unspecified atom stereocenters. The van der Waals surface area contributed by atoms with Crippen molar-refractivity contribution >= 4 is 5.97 Å². The van der Waals surface area contributed by atoms with E-state index in [9.17, 15) is 20.6 Å². The molecule has 1 aliphatic heterocycles. The molecule has 1 heterocycles. The van der Waals surface area contributed by atoms with E-state index < -0.39 is 17.3 Å². The van der Waals surface area contributed by atoms with Crippen molar-refractivity contribution < 1.29 is 9.53 Å². The summed E-state index contributed by atoms with van der Waals surface area (Å²) in [5, 5.41) is 29.6. The standard InChI is InChI=1S/C22H21N5O2/c1-3-27-9-8-18-17(11-27)19(14-4-6-15(7-5-14)21(28)29-2)16(10-23)20(26)22(18,12-24)13-25/h4-8,17,19H,3,9,11,26H2,1-2H3. The Kier molecular flexibility index (Phi) is 5.41. The van der Waals surface area contributed by atoms with Gasteiger partial charge >= 0.3 is 5.97 Å². The van der Waals surface area contributed by atoms with Gasteiger partial charge in [-0.05, 0) is 29.8 Å². The van der Waals surface area contributed by atoms with Crippen molar-refractivity contribution in [3.8, 4) is 18.2 Å². The number of fused-ring (bicyclic) bond motifs is 1. The highest BCUT2D eigenvalue weighted by molar-refractivity contribution is 5.89. The number of carbonyl (C=O) groups is 1. The maximum Gasteiger partial charge on any atom is 0.337 e. The van der Waals surface area contributed by atoms with Crippen LogP contribution in [0.1, 0.15) is 28.8 Å². The zero-order valence-corrected chi connectivity index (χ0v) is 16.3. The Balaban J connectivity index is 2.21. The first-order chi connectivity index (χ1) is 14.0. The molecule has 7 nitrogen and oxygen atoms in total. The van der Waals surface area contributed by atoms with E-state index in [1.165, 1.54) is 7.11 Å². The third-order valence-electron chi connectivity index (χ3n) is 5.86. The van der Waals surface area contributed by atoms with Crippen molar-refractivity contribution in [1.82, 2.24) is 4.90 Å². The molecule has 2 atom stereocenters. The molecule has 2 aliphatic rings. The topological polar surface area (TPSA) is 127 Å². The summed E-state index contributed by atoms with van der Waals surface area (Å²) in [5.41, 5.74) is 6.75. The van der Waals surface area contributed by atoms with Gasteiger partial charge in [0.25, 0.3) is 0 Å². The molecule has 0 radical (unpaired) electrons. The van der Waals surface area contributed by atoms with Crippen LogP contribution in [0.15, 0.2) is 47.2 Å². The van der Waals surface area contributed by atoms with E-state index in [4.69, 9.17) is 10.5 Å². The predicted octanol–water partition coefficient (Wildman–Crippen LogP) is 2.22. The van der Waals surface area contributed by atoms with Gasteiger partial charge in [-0.1, -0.05) is 25.1 Å². The lowest BCUT2D eigenvalue weighted by Crippen LogP contribution is -2.47. The second kappa shape index (κ2) is 7.80. The number of nitrogens with zero attached hydrogens (tertiary/aromatic N) is 4. The molecule has 7 heteroatoms. The molecule has 1 aromatic rings. The Morgan fingerprint density at radius 3 is 2.45 bits per heavy atom. The number of carbonyl (C=O) groups excluding carboxylic acids is 1. The van der Waals surface area contributed by atoms with Crippen LogP contribution >= 0.6 is 0 Å². The number of rotatable bonds is 3. The molecular formula is C22H21N5O2. The van der Waals surface area contributed by atoms with Gasteiger partial charge in [-0.3, -0.25) is 4.90 Å². The van der Waals surface area contributed by atoms with Crippen LogP contribution in [0.4, 0.5) is 0 Å². The fourth-order valence-corrected chi connectivity index (χ4v) is 4.28. The van der Waals surface area contributed by atoms with Gasteiger partial charge in [0.05, 0.1) is 42.2 Å². The highest BCUT2D eigenvalue weighted by Crippen LogP contribution is 2.52. The Morgan fingerprint density at radius 1 is 1.28 bits per heavy atom. The maximum absolute atomic E-state index is 11.8. The van der Waals surface area contributed by atoms with E-state index in [2.05, 4.69) is 23.1 Å². The summed E-state index contributed by atoms with van der Waals surface area (Å²) >= 11 is 0. The molecule has 2 N–H and O–H groups in total. The second-order valence-electron chi connectivity index (χ2n) is 7.12. The lowest BCUT2D eigenvalue weighted by atomic mass is 9.60. The van der Waals surface area contributed by atoms with Gasteiger partial charge in [-0.25, -0.2) is 4.79 Å². The lowest BCUT2D eigenvalue weighted by molar-refractivity contribution is 0.0600. The molecule has 0 fully saturated rings. The molecule has 0 spiro atoms. The summed E-state index contributed by atoms with van der Waals surface area (Å²) in [6, 6.07) is 13.1. The molecule has 146 valence electrons. The minimum atomic E-state index is -1.63. The summed E-state index contributed by atoms with van der Waals surface area (Å²) in [4.78, 5) is 13.9. The number of esters is 1. The molecule has 0 aromatic heterocycles. The number of hydrogen-bond donors (Lipinski definition) is 1. The highest BCUT2D eigenvalue weighted by Gasteiger charge is 2.52. The quantitative estimate of drug-likeness (QED) is 0.622. The van der Waals surface area contributed by atoms with E-state index in [-0.39, 0.29) is 17.2 Å². The zero-order valence-electron chi connectivity index (χ0n) is 16.3. The van der Waals surface area contributed by atoms with Crippen molar-refractivity contribution in [2.75, 3.05) is 26.7 Å². The minimum Gasteiger partial charge on any atom is -0.465 e. The third-order valence-corrected chi connectivity index (χ3v) is 5.86. The van der Waals surface area contributed by atoms with Gasteiger partial charge in [0.2, 0.25) is 5.41 Å². The van der Waals surface area contributed by atoms with Crippen LogP contribution in [-0.4, -0.2) is 37.6 Å². The Hall–Kier alpha value is -3.60. The summed E-state index contributed by atoms with van der Waals surface area (Å²) < 4.78 is 4.74. The molecule has 0 bridgehead atoms. The monoisotopic (exact) mass is 387 g/mol. The smallest absolute Gasteiger partial charge is 0.337 e. The van der Waals surface area contributed by atoms with E-state index >= 15 is 0 Å². The predicted molar refractivity (Wildman–Crippen MR) is 105 cm³/mol. The van der Waals surface area contributed by atoms with Crippen LogP contribution < -0.4 is 5.73 Å². The zero-order chi connectivity index (χ0) is 21.2. The van der Waals surface area contributed by atoms with Gasteiger partial charge in [0.1, 0.15) is 0 Å². The summed E-state index contributed by atoms with van der Waals surface area (Å²) in [7, 11) is 1.32. The van der Waals surface area contributed by atoms with Crippen molar-refractivity contribution in [2.24, 2.45) is 17.1 Å². The summed E-state index contributed by atoms with van der Waals surface area (Å²) in [6.45, 7) is 4.08. The molecule has 29 heavy (non-hydrogen) atoms. The van der Waals surface area contributed by atoms with Crippen LogP contribution in [-0.2, 0) is 4.74 Å². The Morgan fingerprint density at radius 2 is 1.93 bits per heavy atom. The molecule has 1 aromatic carbocycles. The van der Waals surface area contributed by atoms with Gasteiger partial charge in [-0.15, -0.1) is 0 Å². The number of nitrogens with two attached hydrogens (primary N) is 1. The Labute approximate surface area is 169 Å². The van der Waals surface area contributed by atoms with Crippen molar-refractivity contribution in [2.45, 2.75) is 12.8 Å². The fourth-order valence-electron chi connectivity index (χ4n) is 4.28. The van der Waals surface area contributed by atoms with Gasteiger partial charge < -0.3 is 10.5 Å². The number of ether oxygens (including phenoxy) is 1. The van der Waals surface area contributed by atoms with E-state index in [1.54, 1.807) is 24.3 Å². The van der Waals surface area contributed by atoms with E-state index in [0.717, 1.165) is 12.1 Å². The number of likely N-dealkylation sites (N-methyl/N-ethyl adjacent to an activating group) is 1. The van der Waals surface area contributed by atoms with Crippen LogP contribution in [0, 0.1) is 45.3 Å². The van der Waals surface area contributed by atoms with Crippen molar-refractivity contribution in [3.05, 3.63) is 58.3 Å². The molecule has 0 saturated carbocycles. The van der Waals surface area contributed by atoms with Crippen LogP contribution in [0.2, 0.25) is 0 Å². The van der Waals surface area contributed by atoms with Crippen LogP contribution in [0.5, 0.6) is 0 Å². The maximum atomic E-state index is 11.8. The molecule has 0 amide bonds. The van der Waals surface area contributed by atoms with Gasteiger partial charge in [0.15, 0.2) is 0 Å². The number of methoxy groups -OCH3 is 1. The number of benzene rings is 1. The molecule has 0 saturated heterocycles. The summed E-state index contributed by atoms with van der Waals surface area (Å²) in [5.74, 6) is -1.09. The van der Waals surface area contributed by atoms with Crippen molar-refractivity contribution in [3.63, 3.8) is 0 Å². The minimum absolute atomic E-state index is 0.000470. The van der Waals surface area contributed by atoms with Gasteiger partial charge in [-0.2, -0.15) is 15.8 Å². The average Bonchev–Trinajstić information content (AvgIpc) is 2.78. The van der Waals surface area contributed by atoms with Crippen molar-refractivity contribution in [1.29, 1.82) is 15.8 Å². The molecular weight excluding hydrogens is 366 g/mol. The van der Waals surface area contributed by atoms with Crippen LogP contribution in [0.3, 0.4) is 0 Å². The number of nitriles is 3. The first kappa shape index (κ1) is 20.1. The second-order valence-corrected chi connectivity index (χ2v) is 7.12. The highest BCUT2D eigenvalue weighted by atomic mass is 16.5. The molecule has 1 aliphatic carbocycles. The largest absolute Gasteiger partial charge is 0.465 e. The number of hydrogen-bond acceptors (Lipinski definition) is 7. The third kappa shape index (κ3) is 3.05. The average molecular weight is 387 g/mol. The van der Waals surface area contributed by atoms with E-state index in [1.807, 2.05) is 13.0 Å². The first-order valence-corrected chi connectivity index (χ1v) is 9.31. The first-order valence-electron chi connectivity index (χ1n) is 9.31. The SMILES string of the molecule is CCN1CC=C2C(C1)C(c1ccc(C(=O)OC)cc1)C(C#N)=C(N)C2(C#N)C#N. The van der Waals surface area contributed by atoms with Crippen LogP contribution in [0.25, 0.3) is 0 Å². The lowest BCUT2D eigenvalue weighted by Gasteiger charge is -2.45. The fraction of sp³-hybridized carbons (Fsp3) is 0.364. The Bertz CT molecular complexity index is 1000.